The summed E-state index contributed by atoms with van der Waals surface area (Å²) >= 11 is 6.20. The highest BCUT2D eigenvalue weighted by atomic mass is 35.5. The van der Waals surface area contributed by atoms with Crippen molar-refractivity contribution in [2.45, 2.75) is 38.4 Å². The topological polar surface area (TPSA) is 76.5 Å². The second-order valence-electron chi connectivity index (χ2n) is 7.57. The zero-order valence-electron chi connectivity index (χ0n) is 17.4. The first-order valence-electron chi connectivity index (χ1n) is 10.4. The predicted octanol–water partition coefficient (Wildman–Crippen LogP) is 3.40. The van der Waals surface area contributed by atoms with Gasteiger partial charge in [-0.15, -0.1) is 0 Å². The van der Waals surface area contributed by atoms with Crippen molar-refractivity contribution in [1.29, 1.82) is 0 Å². The van der Waals surface area contributed by atoms with Crippen molar-refractivity contribution in [3.8, 4) is 5.75 Å². The maximum atomic E-state index is 12.8. The SMILES string of the molecule is COc1ccccc1CN1C(=O)CCC1C(=O)NCCCn1ncc2c(Cl)cccc21. The molecular weight excluding hydrogens is 416 g/mol. The average molecular weight is 441 g/mol. The van der Waals surface area contributed by atoms with Gasteiger partial charge in [-0.1, -0.05) is 35.9 Å². The Morgan fingerprint density at radius 2 is 2.10 bits per heavy atom. The molecule has 1 aliphatic heterocycles. The number of likely N-dealkylation sites (tertiary alicyclic amines) is 1. The molecule has 0 bridgehead atoms. The lowest BCUT2D eigenvalue weighted by atomic mass is 10.1. The summed E-state index contributed by atoms with van der Waals surface area (Å²) < 4.78 is 7.27. The second-order valence-corrected chi connectivity index (χ2v) is 7.98. The molecule has 1 unspecified atom stereocenters. The molecule has 31 heavy (non-hydrogen) atoms. The molecule has 7 nitrogen and oxygen atoms in total. The summed E-state index contributed by atoms with van der Waals surface area (Å²) in [6.45, 7) is 1.54. The second kappa shape index (κ2) is 9.39. The minimum Gasteiger partial charge on any atom is -0.496 e. The first kappa shape index (κ1) is 21.2. The average Bonchev–Trinajstić information content (AvgIpc) is 3.36. The zero-order valence-corrected chi connectivity index (χ0v) is 18.1. The van der Waals surface area contributed by atoms with Crippen molar-refractivity contribution in [3.63, 3.8) is 0 Å². The fourth-order valence-corrected chi connectivity index (χ4v) is 4.24. The zero-order chi connectivity index (χ0) is 21.8. The predicted molar refractivity (Wildman–Crippen MR) is 119 cm³/mol. The molecule has 1 saturated heterocycles. The van der Waals surface area contributed by atoms with E-state index in [1.54, 1.807) is 18.2 Å². The Morgan fingerprint density at radius 3 is 2.94 bits per heavy atom. The first-order valence-corrected chi connectivity index (χ1v) is 10.8. The number of aromatic nitrogens is 2. The van der Waals surface area contributed by atoms with Crippen LogP contribution < -0.4 is 10.1 Å². The molecule has 0 radical (unpaired) electrons. The van der Waals surface area contributed by atoms with Crippen LogP contribution in [-0.2, 0) is 22.7 Å². The van der Waals surface area contributed by atoms with Gasteiger partial charge in [0.1, 0.15) is 11.8 Å². The Labute approximate surface area is 185 Å². The van der Waals surface area contributed by atoms with Crippen LogP contribution >= 0.6 is 11.6 Å². The van der Waals surface area contributed by atoms with E-state index in [4.69, 9.17) is 16.3 Å². The number of fused-ring (bicyclic) bond motifs is 1. The number of carbonyl (C=O) groups is 2. The van der Waals surface area contributed by atoms with Crippen LogP contribution in [0, 0.1) is 0 Å². The van der Waals surface area contributed by atoms with Crippen LogP contribution in [-0.4, -0.2) is 46.2 Å². The van der Waals surface area contributed by atoms with Gasteiger partial charge in [-0.05, 0) is 31.0 Å². The van der Waals surface area contributed by atoms with E-state index in [2.05, 4.69) is 10.4 Å². The van der Waals surface area contributed by atoms with E-state index in [9.17, 15) is 9.59 Å². The molecule has 2 amide bonds. The van der Waals surface area contributed by atoms with Gasteiger partial charge in [0.25, 0.3) is 0 Å². The normalized spacial score (nSPS) is 16.1. The number of methoxy groups -OCH3 is 1. The molecule has 162 valence electrons. The minimum absolute atomic E-state index is 0.00838. The Morgan fingerprint density at radius 1 is 1.26 bits per heavy atom. The number of hydrogen-bond acceptors (Lipinski definition) is 4. The standard InChI is InChI=1S/C23H25ClN4O3/c1-31-21-9-3-2-6-16(21)15-27-20(10-11-22(27)29)23(30)25-12-5-13-28-19-8-4-7-18(24)17(19)14-26-28/h2-4,6-9,14,20H,5,10-13,15H2,1H3,(H,25,30). The van der Waals surface area contributed by atoms with Crippen LogP contribution in [0.4, 0.5) is 0 Å². The van der Waals surface area contributed by atoms with E-state index < -0.39 is 6.04 Å². The third kappa shape index (κ3) is 4.51. The molecule has 0 saturated carbocycles. The molecular formula is C23H25ClN4O3. The fourth-order valence-electron chi connectivity index (χ4n) is 4.03. The quantitative estimate of drug-likeness (QED) is 0.545. The summed E-state index contributed by atoms with van der Waals surface area (Å²) in [4.78, 5) is 26.9. The van der Waals surface area contributed by atoms with Crippen LogP contribution in [0.5, 0.6) is 5.75 Å². The highest BCUT2D eigenvalue weighted by Gasteiger charge is 2.36. The number of aryl methyl sites for hydroxylation is 1. The molecule has 2 aromatic carbocycles. The molecule has 0 aliphatic carbocycles. The smallest absolute Gasteiger partial charge is 0.242 e. The number of nitrogens with one attached hydrogen (secondary N) is 1. The number of ether oxygens (including phenoxy) is 1. The van der Waals surface area contributed by atoms with E-state index in [0.717, 1.165) is 22.9 Å². The molecule has 1 aliphatic rings. The highest BCUT2D eigenvalue weighted by Crippen LogP contribution is 2.26. The van der Waals surface area contributed by atoms with E-state index in [1.807, 2.05) is 47.1 Å². The van der Waals surface area contributed by atoms with Gasteiger partial charge in [0.2, 0.25) is 11.8 Å². The number of carbonyl (C=O) groups excluding carboxylic acids is 2. The molecule has 0 spiro atoms. The molecule has 8 heteroatoms. The van der Waals surface area contributed by atoms with Crippen molar-refractivity contribution in [1.82, 2.24) is 20.0 Å². The van der Waals surface area contributed by atoms with E-state index in [1.165, 1.54) is 0 Å². The summed E-state index contributed by atoms with van der Waals surface area (Å²) in [5.74, 6) is 0.591. The third-order valence-electron chi connectivity index (χ3n) is 5.64. The van der Waals surface area contributed by atoms with E-state index >= 15 is 0 Å². The van der Waals surface area contributed by atoms with Gasteiger partial charge in [-0.25, -0.2) is 0 Å². The lowest BCUT2D eigenvalue weighted by Crippen LogP contribution is -2.44. The summed E-state index contributed by atoms with van der Waals surface area (Å²) in [5, 5.41) is 8.97. The van der Waals surface area contributed by atoms with Gasteiger partial charge in [0, 0.05) is 30.5 Å². The maximum Gasteiger partial charge on any atom is 0.242 e. The van der Waals surface area contributed by atoms with Crippen LogP contribution in [0.15, 0.2) is 48.7 Å². The molecule has 1 aromatic heterocycles. The van der Waals surface area contributed by atoms with Crippen molar-refractivity contribution in [2.24, 2.45) is 0 Å². The van der Waals surface area contributed by atoms with Gasteiger partial charge in [-0.2, -0.15) is 5.10 Å². The lowest BCUT2D eigenvalue weighted by molar-refractivity contribution is -0.135. The molecule has 2 heterocycles. The van der Waals surface area contributed by atoms with Crippen molar-refractivity contribution >= 4 is 34.3 Å². The molecule has 3 aromatic rings. The molecule has 1 fully saturated rings. The van der Waals surface area contributed by atoms with E-state index in [0.29, 0.717) is 43.2 Å². The van der Waals surface area contributed by atoms with Gasteiger partial charge in [0.15, 0.2) is 0 Å². The van der Waals surface area contributed by atoms with Crippen molar-refractivity contribution in [2.75, 3.05) is 13.7 Å². The first-order chi connectivity index (χ1) is 15.1. The van der Waals surface area contributed by atoms with Gasteiger partial charge >= 0.3 is 0 Å². The monoisotopic (exact) mass is 440 g/mol. The highest BCUT2D eigenvalue weighted by molar-refractivity contribution is 6.35. The minimum atomic E-state index is -0.457. The number of halogens is 1. The van der Waals surface area contributed by atoms with E-state index in [-0.39, 0.29) is 11.8 Å². The maximum absolute atomic E-state index is 12.8. The molecule has 1 N–H and O–H groups in total. The number of hydrogen-bond donors (Lipinski definition) is 1. The van der Waals surface area contributed by atoms with Crippen LogP contribution in [0.3, 0.4) is 0 Å². The Balaban J connectivity index is 1.33. The van der Waals surface area contributed by atoms with Crippen molar-refractivity contribution < 1.29 is 14.3 Å². The summed E-state index contributed by atoms with van der Waals surface area (Å²) in [7, 11) is 1.60. The number of rotatable bonds is 8. The van der Waals surface area contributed by atoms with Crippen LogP contribution in [0.2, 0.25) is 5.02 Å². The Bertz CT molecular complexity index is 1100. The van der Waals surface area contributed by atoms with Crippen molar-refractivity contribution in [3.05, 3.63) is 59.2 Å². The molecule has 1 atom stereocenters. The molecule has 4 rings (SSSR count). The number of para-hydroxylation sites is 1. The Kier molecular flexibility index (Phi) is 6.42. The summed E-state index contributed by atoms with van der Waals surface area (Å²) in [6, 6.07) is 12.8. The number of amides is 2. The third-order valence-corrected chi connectivity index (χ3v) is 5.97. The lowest BCUT2D eigenvalue weighted by Gasteiger charge is -2.25. The van der Waals surface area contributed by atoms with Crippen LogP contribution in [0.1, 0.15) is 24.8 Å². The fraction of sp³-hybridized carbons (Fsp3) is 0.348. The number of benzene rings is 2. The number of nitrogens with zero attached hydrogens (tertiary/aromatic N) is 3. The summed E-state index contributed by atoms with van der Waals surface area (Å²) in [5.41, 5.74) is 1.87. The van der Waals surface area contributed by atoms with Gasteiger partial charge in [-0.3, -0.25) is 14.3 Å². The largest absolute Gasteiger partial charge is 0.496 e. The van der Waals surface area contributed by atoms with Crippen LogP contribution in [0.25, 0.3) is 10.9 Å². The summed E-state index contributed by atoms with van der Waals surface area (Å²) in [6.07, 6.45) is 3.40. The van der Waals surface area contributed by atoms with Gasteiger partial charge < -0.3 is 15.0 Å². The van der Waals surface area contributed by atoms with Gasteiger partial charge in [0.05, 0.1) is 30.4 Å². The Hall–Kier alpha value is -3.06.